The predicted molar refractivity (Wildman–Crippen MR) is 116 cm³/mol. The number of carbonyl (C=O) groups excluding carboxylic acids is 1. The van der Waals surface area contributed by atoms with E-state index in [0.717, 1.165) is 5.56 Å². The van der Waals surface area contributed by atoms with Crippen LogP contribution in [0.5, 0.6) is 0 Å². The Morgan fingerprint density at radius 3 is 2.56 bits per heavy atom. The van der Waals surface area contributed by atoms with Crippen molar-refractivity contribution in [2.24, 2.45) is 11.8 Å². The molecule has 1 spiro atoms. The molecule has 2 aliphatic rings. The molecule has 1 aromatic carbocycles. The Hall–Kier alpha value is -1.73. The molecule has 0 aromatic heterocycles. The highest BCUT2D eigenvalue weighted by atomic mass is 32.2. The second-order valence-electron chi connectivity index (χ2n) is 9.63. The van der Waals surface area contributed by atoms with Gasteiger partial charge in [0.25, 0.3) is 0 Å². The van der Waals surface area contributed by atoms with Crippen LogP contribution in [0.1, 0.15) is 64.7 Å². The first-order valence-electron chi connectivity index (χ1n) is 10.7. The maximum Gasteiger partial charge on any atom is 0.345 e. The van der Waals surface area contributed by atoms with Crippen LogP contribution in [0.2, 0.25) is 0 Å². The van der Waals surface area contributed by atoms with Gasteiger partial charge < -0.3 is 14.0 Å². The van der Waals surface area contributed by atoms with Crippen LogP contribution in [0.25, 0.3) is 0 Å². The summed E-state index contributed by atoms with van der Waals surface area (Å²) < 4.78 is 52.6. The number of hydrogen-bond acceptors (Lipinski definition) is 6. The number of nitrogens with one attached hydrogen (secondary N) is 1. The fraction of sp³-hybridized carbons (Fsp3) is 0.652. The van der Waals surface area contributed by atoms with Gasteiger partial charge >= 0.3 is 12.6 Å². The number of nitrogens with zero attached hydrogens (tertiary/aromatic N) is 1. The summed E-state index contributed by atoms with van der Waals surface area (Å²) in [4.78, 5) is 13.6. The lowest BCUT2D eigenvalue weighted by atomic mass is 9.47. The van der Waals surface area contributed by atoms with Crippen molar-refractivity contribution in [1.29, 1.82) is 5.26 Å². The molecule has 0 radical (unpaired) electrons. The molecule has 9 heteroatoms. The Morgan fingerprint density at radius 1 is 1.38 bits per heavy atom. The fourth-order valence-corrected chi connectivity index (χ4v) is 6.47. The fourth-order valence-electron chi connectivity index (χ4n) is 5.51. The first-order chi connectivity index (χ1) is 14.9. The van der Waals surface area contributed by atoms with E-state index in [1.54, 1.807) is 52.8 Å². The van der Waals surface area contributed by atoms with Crippen LogP contribution in [0.15, 0.2) is 18.2 Å². The lowest BCUT2D eigenvalue weighted by Crippen LogP contribution is -2.74. The summed E-state index contributed by atoms with van der Waals surface area (Å²) in [6, 6.07) is 7.09. The lowest BCUT2D eigenvalue weighted by Gasteiger charge is -2.59. The highest BCUT2D eigenvalue weighted by Gasteiger charge is 2.76. The molecular formula is C23H30F2N2O4S. The van der Waals surface area contributed by atoms with Crippen LogP contribution in [0.3, 0.4) is 0 Å². The van der Waals surface area contributed by atoms with E-state index in [4.69, 9.17) is 9.47 Å². The number of ether oxygens (including phenoxy) is 2. The monoisotopic (exact) mass is 468 g/mol. The van der Waals surface area contributed by atoms with E-state index < -0.39 is 51.7 Å². The summed E-state index contributed by atoms with van der Waals surface area (Å²) in [5.41, 5.74) is -0.929. The molecule has 1 aromatic rings. The number of carbonyl (C=O) groups is 1. The predicted octanol–water partition coefficient (Wildman–Crippen LogP) is 3.90. The third-order valence-electron chi connectivity index (χ3n) is 6.82. The molecule has 6 atom stereocenters. The average molecular weight is 469 g/mol. The normalized spacial score (nSPS) is 32.3. The number of nitriles is 1. The van der Waals surface area contributed by atoms with Gasteiger partial charge in [0.2, 0.25) is 0 Å². The topological polar surface area (TPSA) is 94.4 Å². The molecule has 2 aliphatic carbocycles. The molecule has 176 valence electrons. The SMILES string of the molecule is CCOC(=O)C1(N[S@@+]([O-])C(C)(C)C)c2cc(C#N)ccc2[C@@]12C[C@@H](C)[C@H](OC(F)F)[C@H]2C. The van der Waals surface area contributed by atoms with Crippen LogP contribution in [-0.4, -0.2) is 34.6 Å². The van der Waals surface area contributed by atoms with Crippen molar-refractivity contribution in [3.05, 3.63) is 34.9 Å². The van der Waals surface area contributed by atoms with Crippen LogP contribution < -0.4 is 4.72 Å². The summed E-state index contributed by atoms with van der Waals surface area (Å²) in [7, 11) is 0. The minimum absolute atomic E-state index is 0.0919. The molecule has 1 unspecified atom stereocenters. The van der Waals surface area contributed by atoms with Gasteiger partial charge in [0, 0.05) is 16.8 Å². The molecule has 0 saturated heterocycles. The van der Waals surface area contributed by atoms with Gasteiger partial charge in [-0.1, -0.05) is 19.9 Å². The largest absolute Gasteiger partial charge is 0.598 e. The maximum atomic E-state index is 13.6. The van der Waals surface area contributed by atoms with E-state index in [9.17, 15) is 23.4 Å². The standard InChI is InChI=1S/C23H30F2N2O4S/c1-7-30-19(28)23(27-32(29)21(4,5)6)17-10-15(12-26)8-9-16(17)22(23)11-13(2)18(14(22)3)31-20(24)25/h8-10,13-14,18,20,27H,7,11H2,1-6H3/t13-,14-,18+,22+,23?,32+/m1/s1. The van der Waals surface area contributed by atoms with Crippen molar-refractivity contribution in [2.45, 2.75) is 76.4 Å². The third kappa shape index (κ3) is 3.52. The Morgan fingerprint density at radius 2 is 2.03 bits per heavy atom. The van der Waals surface area contributed by atoms with Gasteiger partial charge in [0.05, 0.1) is 24.3 Å². The van der Waals surface area contributed by atoms with Crippen LogP contribution >= 0.6 is 0 Å². The Bertz CT molecular complexity index is 932. The minimum atomic E-state index is -2.95. The van der Waals surface area contributed by atoms with E-state index in [2.05, 4.69) is 10.8 Å². The van der Waals surface area contributed by atoms with E-state index in [0.29, 0.717) is 17.5 Å². The molecule has 1 N–H and O–H groups in total. The van der Waals surface area contributed by atoms with Crippen molar-refractivity contribution < 1.29 is 27.6 Å². The van der Waals surface area contributed by atoms with E-state index >= 15 is 0 Å². The van der Waals surface area contributed by atoms with Gasteiger partial charge in [-0.2, -0.15) is 14.0 Å². The van der Waals surface area contributed by atoms with Crippen molar-refractivity contribution in [3.63, 3.8) is 0 Å². The van der Waals surface area contributed by atoms with Crippen molar-refractivity contribution >= 4 is 17.3 Å². The van der Waals surface area contributed by atoms with Crippen LogP contribution in [0, 0.1) is 23.2 Å². The zero-order valence-corrected chi connectivity index (χ0v) is 20.0. The highest BCUT2D eigenvalue weighted by Crippen LogP contribution is 2.67. The molecule has 3 rings (SSSR count). The first-order valence-corrected chi connectivity index (χ1v) is 11.9. The second kappa shape index (κ2) is 8.56. The second-order valence-corrected chi connectivity index (χ2v) is 11.6. The Balaban J connectivity index is 2.27. The first kappa shape index (κ1) is 24.9. The van der Waals surface area contributed by atoms with Crippen molar-refractivity contribution in [3.8, 4) is 6.07 Å². The molecule has 0 bridgehead atoms. The number of rotatable bonds is 6. The van der Waals surface area contributed by atoms with Crippen molar-refractivity contribution in [2.75, 3.05) is 6.61 Å². The molecule has 0 aliphatic heterocycles. The van der Waals surface area contributed by atoms with Gasteiger partial charge in [-0.25, -0.2) is 4.79 Å². The van der Waals surface area contributed by atoms with Crippen molar-refractivity contribution in [1.82, 2.24) is 4.72 Å². The molecule has 0 heterocycles. The lowest BCUT2D eigenvalue weighted by molar-refractivity contribution is -0.184. The zero-order chi connectivity index (χ0) is 24.1. The summed E-state index contributed by atoms with van der Waals surface area (Å²) in [6.45, 7) is 7.74. The summed E-state index contributed by atoms with van der Waals surface area (Å²) >= 11 is -1.69. The van der Waals surface area contributed by atoms with Gasteiger partial charge in [0.1, 0.15) is 4.75 Å². The van der Waals surface area contributed by atoms with Crippen LogP contribution in [0.4, 0.5) is 8.78 Å². The molecule has 1 saturated carbocycles. The number of fused-ring (bicyclic) bond motifs is 2. The zero-order valence-electron chi connectivity index (χ0n) is 19.2. The minimum Gasteiger partial charge on any atom is -0.598 e. The summed E-state index contributed by atoms with van der Waals surface area (Å²) in [5, 5.41) is 9.44. The quantitative estimate of drug-likeness (QED) is 0.503. The number of alkyl halides is 2. The van der Waals surface area contributed by atoms with Gasteiger partial charge in [0.15, 0.2) is 5.54 Å². The van der Waals surface area contributed by atoms with Gasteiger partial charge in [-0.3, -0.25) is 0 Å². The number of halogens is 2. The van der Waals surface area contributed by atoms with Gasteiger partial charge in [-0.05, 0) is 69.2 Å². The molecule has 0 amide bonds. The van der Waals surface area contributed by atoms with E-state index in [-0.39, 0.29) is 12.5 Å². The van der Waals surface area contributed by atoms with E-state index in [1.807, 2.05) is 6.92 Å². The Kier molecular flexibility index (Phi) is 6.66. The Labute approximate surface area is 191 Å². The molecule has 1 fully saturated rings. The highest BCUT2D eigenvalue weighted by molar-refractivity contribution is 7.90. The number of hydrogen-bond donors (Lipinski definition) is 1. The third-order valence-corrected chi connectivity index (χ3v) is 8.42. The van der Waals surface area contributed by atoms with Crippen LogP contribution in [-0.2, 0) is 36.6 Å². The molecular weight excluding hydrogens is 438 g/mol. The number of benzene rings is 1. The molecule has 6 nitrogen and oxygen atoms in total. The number of esters is 1. The maximum absolute atomic E-state index is 13.6. The summed E-state index contributed by atoms with van der Waals surface area (Å²) in [5.74, 6) is -1.43. The molecule has 32 heavy (non-hydrogen) atoms. The van der Waals surface area contributed by atoms with E-state index in [1.165, 1.54) is 0 Å². The van der Waals surface area contributed by atoms with Gasteiger partial charge in [-0.15, -0.1) is 4.72 Å². The smallest absolute Gasteiger partial charge is 0.345 e. The average Bonchev–Trinajstić information content (AvgIpc) is 2.96. The summed E-state index contributed by atoms with van der Waals surface area (Å²) in [6.07, 6.45) is -0.449.